The number of carbonyl (C=O) groups is 1. The van der Waals surface area contributed by atoms with E-state index in [9.17, 15) is 4.79 Å². The van der Waals surface area contributed by atoms with Crippen LogP contribution in [0.2, 0.25) is 0 Å². The maximum absolute atomic E-state index is 12.0. The van der Waals surface area contributed by atoms with E-state index in [0.29, 0.717) is 29.6 Å². The number of likely N-dealkylation sites (N-methyl/N-ethyl adjacent to an activating group) is 1. The van der Waals surface area contributed by atoms with Gasteiger partial charge in [0.25, 0.3) is 0 Å². The predicted octanol–water partition coefficient (Wildman–Crippen LogP) is 2.07. The molecule has 1 aromatic heterocycles. The smallest absolute Gasteiger partial charge is 0.239 e. The number of amides is 1. The number of ether oxygens (including phenoxy) is 2. The lowest BCUT2D eigenvalue weighted by Crippen LogP contribution is -2.29. The maximum Gasteiger partial charge on any atom is 0.239 e. The van der Waals surface area contributed by atoms with Crippen LogP contribution < -0.4 is 14.8 Å². The van der Waals surface area contributed by atoms with E-state index >= 15 is 0 Å². The zero-order valence-corrected chi connectivity index (χ0v) is 13.8. The predicted molar refractivity (Wildman–Crippen MR) is 85.7 cm³/mol. The molecular weight excluding hydrogens is 298 g/mol. The fraction of sp³-hybridized carbons (Fsp3) is 0.375. The van der Waals surface area contributed by atoms with Crippen molar-refractivity contribution in [2.45, 2.75) is 13.5 Å². The van der Waals surface area contributed by atoms with Gasteiger partial charge in [-0.15, -0.1) is 0 Å². The molecule has 0 radical (unpaired) electrons. The lowest BCUT2D eigenvalue weighted by molar-refractivity contribution is -0.117. The first-order valence-corrected chi connectivity index (χ1v) is 7.14. The van der Waals surface area contributed by atoms with Crippen molar-refractivity contribution in [3.8, 4) is 11.5 Å². The third-order valence-corrected chi connectivity index (χ3v) is 3.21. The Morgan fingerprint density at radius 1 is 1.26 bits per heavy atom. The number of methoxy groups -OCH3 is 2. The summed E-state index contributed by atoms with van der Waals surface area (Å²) in [4.78, 5) is 13.9. The van der Waals surface area contributed by atoms with Gasteiger partial charge in [0.05, 0.1) is 20.8 Å². The molecule has 0 saturated heterocycles. The third-order valence-electron chi connectivity index (χ3n) is 3.21. The second-order valence-electron chi connectivity index (χ2n) is 5.23. The van der Waals surface area contributed by atoms with Crippen LogP contribution in [-0.4, -0.2) is 43.8 Å². The quantitative estimate of drug-likeness (QED) is 0.842. The number of rotatable bonds is 7. The van der Waals surface area contributed by atoms with Gasteiger partial charge in [-0.3, -0.25) is 9.69 Å². The molecule has 1 amide bonds. The highest BCUT2D eigenvalue weighted by molar-refractivity contribution is 5.91. The average molecular weight is 319 g/mol. The van der Waals surface area contributed by atoms with Gasteiger partial charge < -0.3 is 19.3 Å². The monoisotopic (exact) mass is 319 g/mol. The summed E-state index contributed by atoms with van der Waals surface area (Å²) in [6.07, 6.45) is 0. The van der Waals surface area contributed by atoms with Crippen LogP contribution in [0, 0.1) is 6.92 Å². The Balaban J connectivity index is 1.91. The zero-order chi connectivity index (χ0) is 16.8. The molecule has 124 valence electrons. The standard InChI is InChI=1S/C16H21N3O4/c1-11-7-15(18-23-11)17-16(20)10-19(2)9-12-5-6-13(21-3)14(8-12)22-4/h5-8H,9-10H2,1-4H3,(H,17,18,20). The average Bonchev–Trinajstić information content (AvgIpc) is 2.91. The first-order chi connectivity index (χ1) is 11.0. The molecule has 0 saturated carbocycles. The van der Waals surface area contributed by atoms with Gasteiger partial charge in [0.1, 0.15) is 5.76 Å². The number of aromatic nitrogens is 1. The van der Waals surface area contributed by atoms with E-state index < -0.39 is 0 Å². The normalized spacial score (nSPS) is 10.7. The molecule has 0 aliphatic heterocycles. The van der Waals surface area contributed by atoms with Gasteiger partial charge in [-0.25, -0.2) is 0 Å². The van der Waals surface area contributed by atoms with Gasteiger partial charge in [-0.05, 0) is 31.7 Å². The second kappa shape index (κ2) is 7.64. The Hall–Kier alpha value is -2.54. The van der Waals surface area contributed by atoms with E-state index in [1.807, 2.05) is 30.1 Å². The third kappa shape index (κ3) is 4.72. The van der Waals surface area contributed by atoms with Gasteiger partial charge in [-0.1, -0.05) is 11.2 Å². The number of benzene rings is 1. The van der Waals surface area contributed by atoms with E-state index in [2.05, 4.69) is 10.5 Å². The van der Waals surface area contributed by atoms with Crippen LogP contribution in [0.4, 0.5) is 5.82 Å². The molecule has 7 heteroatoms. The number of hydrogen-bond donors (Lipinski definition) is 1. The Morgan fingerprint density at radius 3 is 2.61 bits per heavy atom. The molecular formula is C16H21N3O4. The van der Waals surface area contributed by atoms with E-state index in [1.165, 1.54) is 0 Å². The molecule has 0 fully saturated rings. The van der Waals surface area contributed by atoms with E-state index in [0.717, 1.165) is 5.56 Å². The summed E-state index contributed by atoms with van der Waals surface area (Å²) < 4.78 is 15.4. The molecule has 0 spiro atoms. The molecule has 0 bridgehead atoms. The molecule has 7 nitrogen and oxygen atoms in total. The zero-order valence-electron chi connectivity index (χ0n) is 13.8. The summed E-state index contributed by atoms with van der Waals surface area (Å²) in [5.74, 6) is 2.27. The minimum Gasteiger partial charge on any atom is -0.493 e. The molecule has 0 aliphatic carbocycles. The summed E-state index contributed by atoms with van der Waals surface area (Å²) in [6, 6.07) is 7.36. The van der Waals surface area contributed by atoms with Crippen molar-refractivity contribution in [3.05, 3.63) is 35.6 Å². The Labute approximate surface area is 135 Å². The minimum absolute atomic E-state index is 0.152. The molecule has 0 unspecified atom stereocenters. The van der Waals surface area contributed by atoms with Crippen LogP contribution in [0.1, 0.15) is 11.3 Å². The molecule has 0 aliphatic rings. The molecule has 2 aromatic rings. The van der Waals surface area contributed by atoms with Crippen molar-refractivity contribution >= 4 is 11.7 Å². The number of nitrogens with zero attached hydrogens (tertiary/aromatic N) is 2. The maximum atomic E-state index is 12.0. The minimum atomic E-state index is -0.152. The highest BCUT2D eigenvalue weighted by atomic mass is 16.5. The summed E-state index contributed by atoms with van der Waals surface area (Å²) in [5.41, 5.74) is 1.02. The topological polar surface area (TPSA) is 76.8 Å². The fourth-order valence-corrected chi connectivity index (χ4v) is 2.20. The fourth-order valence-electron chi connectivity index (χ4n) is 2.20. The Morgan fingerprint density at radius 2 is 2.00 bits per heavy atom. The van der Waals surface area contributed by atoms with Crippen LogP contribution in [0.5, 0.6) is 11.5 Å². The molecule has 1 aromatic carbocycles. The van der Waals surface area contributed by atoms with Crippen molar-refractivity contribution in [1.29, 1.82) is 0 Å². The number of hydrogen-bond acceptors (Lipinski definition) is 6. The summed E-state index contributed by atoms with van der Waals surface area (Å²) in [5, 5.41) is 6.42. The summed E-state index contributed by atoms with van der Waals surface area (Å²) in [6.45, 7) is 2.61. The van der Waals surface area contributed by atoms with Gasteiger partial charge in [-0.2, -0.15) is 0 Å². The second-order valence-corrected chi connectivity index (χ2v) is 5.23. The first kappa shape index (κ1) is 16.8. The van der Waals surface area contributed by atoms with Gasteiger partial charge in [0.2, 0.25) is 5.91 Å². The number of carbonyl (C=O) groups excluding carboxylic acids is 1. The van der Waals surface area contributed by atoms with Crippen LogP contribution in [0.25, 0.3) is 0 Å². The number of aryl methyl sites for hydroxylation is 1. The van der Waals surface area contributed by atoms with E-state index in [-0.39, 0.29) is 12.5 Å². The Kier molecular flexibility index (Phi) is 5.59. The van der Waals surface area contributed by atoms with Gasteiger partial charge >= 0.3 is 0 Å². The van der Waals surface area contributed by atoms with Crippen LogP contribution in [0.15, 0.2) is 28.8 Å². The largest absolute Gasteiger partial charge is 0.493 e. The summed E-state index contributed by atoms with van der Waals surface area (Å²) >= 11 is 0. The molecule has 1 heterocycles. The first-order valence-electron chi connectivity index (χ1n) is 7.14. The van der Waals surface area contributed by atoms with E-state index in [1.54, 1.807) is 27.2 Å². The number of anilines is 1. The van der Waals surface area contributed by atoms with Crippen molar-refractivity contribution < 1.29 is 18.8 Å². The highest BCUT2D eigenvalue weighted by Crippen LogP contribution is 2.27. The molecule has 23 heavy (non-hydrogen) atoms. The Bertz CT molecular complexity index is 669. The van der Waals surface area contributed by atoms with Crippen LogP contribution in [-0.2, 0) is 11.3 Å². The number of nitrogens with one attached hydrogen (secondary N) is 1. The van der Waals surface area contributed by atoms with Gasteiger partial charge in [0.15, 0.2) is 17.3 Å². The van der Waals surface area contributed by atoms with E-state index in [4.69, 9.17) is 14.0 Å². The lowest BCUT2D eigenvalue weighted by Gasteiger charge is -2.17. The van der Waals surface area contributed by atoms with Gasteiger partial charge in [0, 0.05) is 12.6 Å². The lowest BCUT2D eigenvalue weighted by atomic mass is 10.2. The van der Waals surface area contributed by atoms with Crippen molar-refractivity contribution in [3.63, 3.8) is 0 Å². The molecule has 2 rings (SSSR count). The van der Waals surface area contributed by atoms with Crippen molar-refractivity contribution in [2.24, 2.45) is 0 Å². The highest BCUT2D eigenvalue weighted by Gasteiger charge is 2.11. The SMILES string of the molecule is COc1ccc(CN(C)CC(=O)Nc2cc(C)on2)cc1OC. The molecule has 1 N–H and O–H groups in total. The van der Waals surface area contributed by atoms with Crippen LogP contribution >= 0.6 is 0 Å². The summed E-state index contributed by atoms with van der Waals surface area (Å²) in [7, 11) is 5.06. The van der Waals surface area contributed by atoms with Crippen molar-refractivity contribution in [2.75, 3.05) is 33.1 Å². The molecule has 0 atom stereocenters. The van der Waals surface area contributed by atoms with Crippen molar-refractivity contribution in [1.82, 2.24) is 10.1 Å². The van der Waals surface area contributed by atoms with Crippen LogP contribution in [0.3, 0.4) is 0 Å².